The molecule has 0 aliphatic heterocycles. The Morgan fingerprint density at radius 1 is 1.55 bits per heavy atom. The second-order valence-corrected chi connectivity index (χ2v) is 2.89. The number of carboxylic acid groups (broad SMARTS) is 1. The van der Waals surface area contributed by atoms with E-state index in [0.29, 0.717) is 0 Å². The van der Waals surface area contributed by atoms with Crippen molar-refractivity contribution in [2.45, 2.75) is 20.0 Å². The second kappa shape index (κ2) is 4.27. The number of aliphatic carboxylic acids is 1. The Morgan fingerprint density at radius 3 is 2.00 bits per heavy atom. The van der Waals surface area contributed by atoms with Crippen LogP contribution in [0.15, 0.2) is 0 Å². The molecule has 0 rings (SSSR count). The molecule has 0 spiro atoms. The summed E-state index contributed by atoms with van der Waals surface area (Å²) in [7, 11) is 0. The SMILES string of the molecule is CC(C)(CO)[C@@H](O)C(=O)O.O. The molecule has 0 aromatic rings. The second-order valence-electron chi connectivity index (χ2n) is 2.89. The monoisotopic (exact) mass is 166 g/mol. The van der Waals surface area contributed by atoms with Crippen LogP contribution in [0.25, 0.3) is 0 Å². The van der Waals surface area contributed by atoms with Crippen molar-refractivity contribution in [3.05, 3.63) is 0 Å². The van der Waals surface area contributed by atoms with Gasteiger partial charge in [0.15, 0.2) is 6.10 Å². The Kier molecular flexibility index (Phi) is 5.04. The van der Waals surface area contributed by atoms with Crippen LogP contribution in [0.1, 0.15) is 13.8 Å². The smallest absolute Gasteiger partial charge is 0.333 e. The maximum absolute atomic E-state index is 10.1. The van der Waals surface area contributed by atoms with E-state index in [-0.39, 0.29) is 12.1 Å². The molecule has 0 saturated carbocycles. The lowest BCUT2D eigenvalue weighted by Crippen LogP contribution is -2.38. The summed E-state index contributed by atoms with van der Waals surface area (Å²) >= 11 is 0. The Balaban J connectivity index is 0. The minimum atomic E-state index is -1.50. The number of aliphatic hydroxyl groups excluding tert-OH is 2. The van der Waals surface area contributed by atoms with Crippen LogP contribution in [0.3, 0.4) is 0 Å². The molecule has 5 heteroatoms. The number of hydrogen-bond donors (Lipinski definition) is 3. The highest BCUT2D eigenvalue weighted by molar-refractivity contribution is 5.72. The van der Waals surface area contributed by atoms with E-state index in [4.69, 9.17) is 15.3 Å². The molecule has 68 valence electrons. The van der Waals surface area contributed by atoms with Crippen LogP contribution in [0.5, 0.6) is 0 Å². The number of rotatable bonds is 3. The molecule has 0 bridgehead atoms. The van der Waals surface area contributed by atoms with Crippen molar-refractivity contribution in [2.24, 2.45) is 5.41 Å². The van der Waals surface area contributed by atoms with Crippen molar-refractivity contribution < 1.29 is 25.6 Å². The number of hydrogen-bond acceptors (Lipinski definition) is 3. The average Bonchev–Trinajstić information content (AvgIpc) is 1.86. The number of aliphatic hydroxyl groups is 2. The quantitative estimate of drug-likeness (QED) is 0.480. The van der Waals surface area contributed by atoms with Crippen molar-refractivity contribution in [2.75, 3.05) is 6.61 Å². The standard InChI is InChI=1S/C6H12O4.H2O/c1-6(2,3-7)4(8)5(9)10;/h4,7-8H,3H2,1-2H3,(H,9,10);1H2/t4-;/m0./s1. The lowest BCUT2D eigenvalue weighted by Gasteiger charge is -2.24. The summed E-state index contributed by atoms with van der Waals surface area (Å²) in [6, 6.07) is 0. The van der Waals surface area contributed by atoms with E-state index in [1.165, 1.54) is 13.8 Å². The lowest BCUT2D eigenvalue weighted by atomic mass is 9.88. The third-order valence-electron chi connectivity index (χ3n) is 1.38. The van der Waals surface area contributed by atoms with Gasteiger partial charge in [-0.05, 0) is 0 Å². The van der Waals surface area contributed by atoms with E-state index < -0.39 is 17.5 Å². The largest absolute Gasteiger partial charge is 0.479 e. The van der Waals surface area contributed by atoms with Gasteiger partial charge in [-0.2, -0.15) is 0 Å². The van der Waals surface area contributed by atoms with E-state index in [2.05, 4.69) is 0 Å². The zero-order valence-corrected chi connectivity index (χ0v) is 6.53. The van der Waals surface area contributed by atoms with Crippen LogP contribution < -0.4 is 0 Å². The first kappa shape index (κ1) is 13.0. The minimum absolute atomic E-state index is 0. The fraction of sp³-hybridized carbons (Fsp3) is 0.833. The summed E-state index contributed by atoms with van der Waals surface area (Å²) in [5.41, 5.74) is -0.966. The van der Waals surface area contributed by atoms with Gasteiger partial charge in [0.25, 0.3) is 0 Å². The summed E-state index contributed by atoms with van der Waals surface area (Å²) in [4.78, 5) is 10.1. The highest BCUT2D eigenvalue weighted by Gasteiger charge is 2.32. The molecule has 0 heterocycles. The predicted molar refractivity (Wildman–Crippen MR) is 38.1 cm³/mol. The summed E-state index contributed by atoms with van der Waals surface area (Å²) in [6.07, 6.45) is -1.50. The molecule has 0 radical (unpaired) electrons. The molecular weight excluding hydrogens is 152 g/mol. The topological polar surface area (TPSA) is 109 Å². The molecule has 0 aliphatic rings. The van der Waals surface area contributed by atoms with E-state index in [9.17, 15) is 4.79 Å². The first-order valence-electron chi connectivity index (χ1n) is 2.93. The molecule has 5 nitrogen and oxygen atoms in total. The predicted octanol–water partition coefficient (Wildman–Crippen LogP) is -1.37. The highest BCUT2D eigenvalue weighted by Crippen LogP contribution is 2.19. The third-order valence-corrected chi connectivity index (χ3v) is 1.38. The van der Waals surface area contributed by atoms with Gasteiger partial charge in [0.05, 0.1) is 6.61 Å². The molecule has 0 saturated heterocycles. The zero-order chi connectivity index (χ0) is 8.36. The summed E-state index contributed by atoms with van der Waals surface area (Å²) in [5.74, 6) is -1.31. The van der Waals surface area contributed by atoms with Gasteiger partial charge >= 0.3 is 5.97 Å². The van der Waals surface area contributed by atoms with Gasteiger partial charge in [-0.25, -0.2) is 4.79 Å². The van der Waals surface area contributed by atoms with E-state index in [0.717, 1.165) is 0 Å². The van der Waals surface area contributed by atoms with Gasteiger partial charge < -0.3 is 20.8 Å². The van der Waals surface area contributed by atoms with Crippen molar-refractivity contribution in [1.29, 1.82) is 0 Å². The first-order chi connectivity index (χ1) is 4.41. The van der Waals surface area contributed by atoms with Crippen molar-refractivity contribution >= 4 is 5.97 Å². The van der Waals surface area contributed by atoms with Crippen LogP contribution in [0.2, 0.25) is 0 Å². The zero-order valence-electron chi connectivity index (χ0n) is 6.53. The Hall–Kier alpha value is -0.650. The molecule has 0 amide bonds. The van der Waals surface area contributed by atoms with Crippen LogP contribution >= 0.6 is 0 Å². The molecular formula is C6H14O5. The number of carboxylic acids is 1. The maximum Gasteiger partial charge on any atom is 0.333 e. The Morgan fingerprint density at radius 2 is 1.91 bits per heavy atom. The maximum atomic E-state index is 10.1. The van der Waals surface area contributed by atoms with Crippen LogP contribution in [0, 0.1) is 5.41 Å². The van der Waals surface area contributed by atoms with Gasteiger partial charge in [0.1, 0.15) is 0 Å². The van der Waals surface area contributed by atoms with Gasteiger partial charge in [-0.1, -0.05) is 13.8 Å². The fourth-order valence-corrected chi connectivity index (χ4v) is 0.421. The minimum Gasteiger partial charge on any atom is -0.479 e. The Labute approximate surface area is 64.6 Å². The van der Waals surface area contributed by atoms with Crippen LogP contribution in [0.4, 0.5) is 0 Å². The third kappa shape index (κ3) is 3.31. The molecule has 0 unspecified atom stereocenters. The van der Waals surface area contributed by atoms with Crippen molar-refractivity contribution in [1.82, 2.24) is 0 Å². The molecule has 5 N–H and O–H groups in total. The summed E-state index contributed by atoms with van der Waals surface area (Å²) in [5, 5.41) is 25.8. The Bertz CT molecular complexity index is 131. The molecule has 0 aromatic heterocycles. The molecule has 0 fully saturated rings. The van der Waals surface area contributed by atoms with Gasteiger partial charge in [-0.3, -0.25) is 0 Å². The van der Waals surface area contributed by atoms with E-state index >= 15 is 0 Å². The van der Waals surface area contributed by atoms with Crippen LogP contribution in [-0.4, -0.2) is 39.5 Å². The highest BCUT2D eigenvalue weighted by atomic mass is 16.4. The fourth-order valence-electron chi connectivity index (χ4n) is 0.421. The summed E-state index contributed by atoms with van der Waals surface area (Å²) in [6.45, 7) is 2.61. The van der Waals surface area contributed by atoms with E-state index in [1.54, 1.807) is 0 Å². The lowest BCUT2D eigenvalue weighted by molar-refractivity contribution is -0.154. The normalized spacial score (nSPS) is 13.5. The molecule has 11 heavy (non-hydrogen) atoms. The van der Waals surface area contributed by atoms with Crippen LogP contribution in [-0.2, 0) is 4.79 Å². The van der Waals surface area contributed by atoms with Gasteiger partial charge in [0.2, 0.25) is 0 Å². The first-order valence-corrected chi connectivity index (χ1v) is 2.93. The van der Waals surface area contributed by atoms with Crippen molar-refractivity contribution in [3.8, 4) is 0 Å². The molecule has 0 aromatic carbocycles. The van der Waals surface area contributed by atoms with Gasteiger partial charge in [0, 0.05) is 5.41 Å². The molecule has 1 atom stereocenters. The average molecular weight is 166 g/mol. The van der Waals surface area contributed by atoms with E-state index in [1.807, 2.05) is 0 Å². The summed E-state index contributed by atoms with van der Waals surface area (Å²) < 4.78 is 0. The number of carbonyl (C=O) groups is 1. The van der Waals surface area contributed by atoms with Crippen molar-refractivity contribution in [3.63, 3.8) is 0 Å². The molecule has 0 aliphatic carbocycles. The van der Waals surface area contributed by atoms with Gasteiger partial charge in [-0.15, -0.1) is 0 Å².